The molecule has 4 rings (SSSR count). The Labute approximate surface area is 209 Å². The van der Waals surface area contributed by atoms with Gasteiger partial charge in [0.2, 0.25) is 0 Å². The zero-order valence-corrected chi connectivity index (χ0v) is 20.6. The first-order valence-electron chi connectivity index (χ1n) is 10.2. The van der Waals surface area contributed by atoms with Crippen molar-refractivity contribution in [2.24, 2.45) is 5.10 Å². The van der Waals surface area contributed by atoms with Gasteiger partial charge in [-0.05, 0) is 34.0 Å². The largest absolute Gasteiger partial charge is 0.465 e. The van der Waals surface area contributed by atoms with Gasteiger partial charge in [0.1, 0.15) is 0 Å². The van der Waals surface area contributed by atoms with E-state index in [4.69, 9.17) is 0 Å². The van der Waals surface area contributed by atoms with Crippen molar-refractivity contribution in [3.63, 3.8) is 0 Å². The lowest BCUT2D eigenvalue weighted by molar-refractivity contribution is -0.118. The first-order valence-corrected chi connectivity index (χ1v) is 13.0. The van der Waals surface area contributed by atoms with E-state index in [9.17, 15) is 9.59 Å². The molecular weight excluding hydrogens is 488 g/mol. The third-order valence-electron chi connectivity index (χ3n) is 4.68. The average molecular weight is 509 g/mol. The maximum Gasteiger partial charge on any atom is 0.337 e. The maximum absolute atomic E-state index is 12.1. The minimum atomic E-state index is -0.402. The predicted molar refractivity (Wildman–Crippen MR) is 138 cm³/mol. The van der Waals surface area contributed by atoms with E-state index in [-0.39, 0.29) is 11.7 Å². The maximum atomic E-state index is 12.1. The number of aromatic nitrogens is 2. The number of hydrogen-bond donors (Lipinski definition) is 1. The van der Waals surface area contributed by atoms with Gasteiger partial charge in [0.05, 0.1) is 24.6 Å². The molecule has 0 unspecified atom stereocenters. The molecule has 0 aliphatic heterocycles. The molecule has 7 nitrogen and oxygen atoms in total. The van der Waals surface area contributed by atoms with E-state index in [1.165, 1.54) is 52.8 Å². The number of esters is 1. The molecule has 34 heavy (non-hydrogen) atoms. The number of ether oxygens (including phenoxy) is 1. The van der Waals surface area contributed by atoms with Crippen LogP contribution in [0.3, 0.4) is 0 Å². The van der Waals surface area contributed by atoms with Crippen LogP contribution in [-0.4, -0.2) is 41.2 Å². The minimum Gasteiger partial charge on any atom is -0.465 e. The fourth-order valence-electron chi connectivity index (χ4n) is 3.03. The highest BCUT2D eigenvalue weighted by atomic mass is 32.2. The van der Waals surface area contributed by atoms with Crippen LogP contribution in [0.5, 0.6) is 0 Å². The van der Waals surface area contributed by atoms with Gasteiger partial charge < -0.3 is 4.74 Å². The fraction of sp³-hybridized carbons (Fsp3) is 0.125. The first-order chi connectivity index (χ1) is 16.6. The summed E-state index contributed by atoms with van der Waals surface area (Å²) in [4.78, 5) is 23.5. The summed E-state index contributed by atoms with van der Waals surface area (Å²) < 4.78 is 6.26. The molecular formula is C24H20N4O3S3. The Balaban J connectivity index is 1.23. The number of amides is 1. The van der Waals surface area contributed by atoms with Crippen LogP contribution in [0, 0.1) is 0 Å². The second kappa shape index (κ2) is 11.8. The standard InChI is InChI=1S/C24H20N4O3S3/c1-31-22(30)18-11-9-16(10-12-18)13-25-26-21(29)15-33-24-28-27-23(34-24)32-14-19-7-4-6-17-5-2-3-8-20(17)19/h2-13H,14-15H2,1H3,(H,26,29)/b25-13+. The Bertz CT molecular complexity index is 1320. The first kappa shape index (κ1) is 23.9. The van der Waals surface area contributed by atoms with Crippen LogP contribution in [0.15, 0.2) is 80.5 Å². The summed E-state index contributed by atoms with van der Waals surface area (Å²) in [6.45, 7) is 0. The highest BCUT2D eigenvalue weighted by Crippen LogP contribution is 2.32. The number of nitrogens with one attached hydrogen (secondary N) is 1. The van der Waals surface area contributed by atoms with Gasteiger partial charge in [-0.3, -0.25) is 4.79 Å². The molecule has 0 bridgehead atoms. The molecule has 10 heteroatoms. The van der Waals surface area contributed by atoms with Crippen molar-refractivity contribution in [2.75, 3.05) is 12.9 Å². The van der Waals surface area contributed by atoms with Gasteiger partial charge in [-0.1, -0.05) is 89.5 Å². The van der Waals surface area contributed by atoms with Crippen LogP contribution in [0.1, 0.15) is 21.5 Å². The summed E-state index contributed by atoms with van der Waals surface area (Å²) in [5, 5.41) is 14.8. The van der Waals surface area contributed by atoms with Gasteiger partial charge in [0.25, 0.3) is 5.91 Å². The third kappa shape index (κ3) is 6.43. The number of carbonyl (C=O) groups is 2. The Morgan fingerprint density at radius 3 is 2.53 bits per heavy atom. The molecule has 0 aliphatic carbocycles. The van der Waals surface area contributed by atoms with Crippen molar-refractivity contribution in [3.05, 3.63) is 83.4 Å². The SMILES string of the molecule is COC(=O)c1ccc(/C=N/NC(=O)CSc2nnc(SCc3cccc4ccccc34)s2)cc1. The summed E-state index contributed by atoms with van der Waals surface area (Å²) in [5.41, 5.74) is 4.94. The molecule has 0 spiro atoms. The predicted octanol–water partition coefficient (Wildman–Crippen LogP) is 5.01. The molecule has 1 N–H and O–H groups in total. The molecule has 0 fully saturated rings. The molecule has 4 aromatic rings. The van der Waals surface area contributed by atoms with Gasteiger partial charge >= 0.3 is 5.97 Å². The topological polar surface area (TPSA) is 93.5 Å². The summed E-state index contributed by atoms with van der Waals surface area (Å²) >= 11 is 4.43. The van der Waals surface area contributed by atoms with Gasteiger partial charge in [0, 0.05) is 5.75 Å². The molecule has 0 aliphatic rings. The number of benzene rings is 3. The van der Waals surface area contributed by atoms with Crippen molar-refractivity contribution in [1.29, 1.82) is 0 Å². The highest BCUT2D eigenvalue weighted by Gasteiger charge is 2.10. The van der Waals surface area contributed by atoms with Crippen LogP contribution in [0.2, 0.25) is 0 Å². The van der Waals surface area contributed by atoms with Crippen molar-refractivity contribution < 1.29 is 14.3 Å². The molecule has 3 aromatic carbocycles. The van der Waals surface area contributed by atoms with E-state index in [0.717, 1.165) is 20.0 Å². The number of methoxy groups -OCH3 is 1. The van der Waals surface area contributed by atoms with Gasteiger partial charge in [-0.25, -0.2) is 10.2 Å². The van der Waals surface area contributed by atoms with Crippen LogP contribution in [0.25, 0.3) is 10.8 Å². The van der Waals surface area contributed by atoms with Crippen molar-refractivity contribution in [3.8, 4) is 0 Å². The highest BCUT2D eigenvalue weighted by molar-refractivity contribution is 8.03. The smallest absolute Gasteiger partial charge is 0.337 e. The number of hydrogen-bond acceptors (Lipinski definition) is 9. The molecule has 0 saturated heterocycles. The zero-order chi connectivity index (χ0) is 23.8. The van der Waals surface area contributed by atoms with Gasteiger partial charge in [-0.2, -0.15) is 5.10 Å². The monoisotopic (exact) mass is 508 g/mol. The Kier molecular flexibility index (Phi) is 8.29. The summed E-state index contributed by atoms with van der Waals surface area (Å²) in [7, 11) is 1.33. The number of fused-ring (bicyclic) bond motifs is 1. The Hall–Kier alpha value is -3.21. The van der Waals surface area contributed by atoms with Crippen molar-refractivity contribution in [2.45, 2.75) is 14.4 Å². The second-order valence-electron chi connectivity index (χ2n) is 6.96. The average Bonchev–Trinajstić information content (AvgIpc) is 3.34. The molecule has 1 amide bonds. The number of thioether (sulfide) groups is 2. The summed E-state index contributed by atoms with van der Waals surface area (Å²) in [5.74, 6) is 0.339. The van der Waals surface area contributed by atoms with Crippen LogP contribution < -0.4 is 5.43 Å². The normalized spacial score (nSPS) is 11.1. The van der Waals surface area contributed by atoms with Crippen LogP contribution in [-0.2, 0) is 15.3 Å². The van der Waals surface area contributed by atoms with E-state index in [1.807, 2.05) is 12.1 Å². The summed E-state index contributed by atoms with van der Waals surface area (Å²) in [6.07, 6.45) is 1.51. The van der Waals surface area contributed by atoms with E-state index < -0.39 is 5.97 Å². The zero-order valence-electron chi connectivity index (χ0n) is 18.1. The molecule has 0 atom stereocenters. The number of hydrazone groups is 1. The fourth-order valence-corrected chi connectivity index (χ4v) is 5.85. The second-order valence-corrected chi connectivity index (χ2v) is 10.4. The lowest BCUT2D eigenvalue weighted by Crippen LogP contribution is -2.19. The van der Waals surface area contributed by atoms with E-state index in [1.54, 1.807) is 36.0 Å². The van der Waals surface area contributed by atoms with E-state index in [0.29, 0.717) is 5.56 Å². The number of nitrogens with zero attached hydrogens (tertiary/aromatic N) is 3. The van der Waals surface area contributed by atoms with Crippen molar-refractivity contribution in [1.82, 2.24) is 15.6 Å². The van der Waals surface area contributed by atoms with E-state index >= 15 is 0 Å². The Morgan fingerprint density at radius 1 is 1.00 bits per heavy atom. The lowest BCUT2D eigenvalue weighted by atomic mass is 10.1. The molecule has 0 saturated carbocycles. The van der Waals surface area contributed by atoms with Gasteiger partial charge in [-0.15, -0.1) is 10.2 Å². The number of rotatable bonds is 9. The van der Waals surface area contributed by atoms with Crippen LogP contribution in [0.4, 0.5) is 0 Å². The lowest BCUT2D eigenvalue weighted by Gasteiger charge is -2.04. The molecule has 172 valence electrons. The Morgan fingerprint density at radius 2 is 1.74 bits per heavy atom. The quantitative estimate of drug-likeness (QED) is 0.147. The van der Waals surface area contributed by atoms with Crippen LogP contribution >= 0.6 is 34.9 Å². The molecule has 1 aromatic heterocycles. The molecule has 1 heterocycles. The third-order valence-corrected chi connectivity index (χ3v) is 7.92. The molecule has 0 radical (unpaired) electrons. The van der Waals surface area contributed by atoms with Crippen molar-refractivity contribution >= 4 is 63.7 Å². The summed E-state index contributed by atoms with van der Waals surface area (Å²) in [6, 6.07) is 21.3. The van der Waals surface area contributed by atoms with E-state index in [2.05, 4.69) is 55.8 Å². The number of carbonyl (C=O) groups excluding carboxylic acids is 2. The minimum absolute atomic E-state index is 0.182. The van der Waals surface area contributed by atoms with Gasteiger partial charge in [0.15, 0.2) is 8.68 Å².